The molecule has 3 aliphatic heterocycles. The molecule has 4 heterocycles. The molecule has 158 valence electrons. The first-order valence-corrected chi connectivity index (χ1v) is 11.5. The fourth-order valence-electron chi connectivity index (χ4n) is 6.24. The Hall–Kier alpha value is -2.27. The Balaban J connectivity index is 1.33. The Labute approximate surface area is 179 Å². The summed E-state index contributed by atoms with van der Waals surface area (Å²) in [6, 6.07) is 12.2. The third-order valence-electron chi connectivity index (χ3n) is 7.56. The average Bonchev–Trinajstić information content (AvgIpc) is 2.75. The third kappa shape index (κ3) is 3.64. The smallest absolute Gasteiger partial charge is 0.257 e. The van der Waals surface area contributed by atoms with Gasteiger partial charge in [0.25, 0.3) is 5.91 Å². The number of carbonyl (C=O) groups is 1. The molecule has 3 aliphatic rings. The predicted molar refractivity (Wildman–Crippen MR) is 117 cm³/mol. The highest BCUT2D eigenvalue weighted by atomic mass is 16.2. The van der Waals surface area contributed by atoms with E-state index in [0.29, 0.717) is 29.5 Å². The van der Waals surface area contributed by atoms with E-state index in [0.717, 1.165) is 37.4 Å². The van der Waals surface area contributed by atoms with Crippen molar-refractivity contribution >= 4 is 5.91 Å². The molecule has 3 saturated heterocycles. The first-order valence-electron chi connectivity index (χ1n) is 11.5. The van der Waals surface area contributed by atoms with Crippen molar-refractivity contribution in [3.63, 3.8) is 0 Å². The van der Waals surface area contributed by atoms with Crippen LogP contribution in [0.15, 0.2) is 36.7 Å². The molecule has 5 rings (SSSR count). The molecule has 30 heavy (non-hydrogen) atoms. The van der Waals surface area contributed by atoms with E-state index < -0.39 is 0 Å². The fraction of sp³-hybridized carbons (Fsp3) is 0.560. The lowest BCUT2D eigenvalue weighted by Crippen LogP contribution is -2.62. The van der Waals surface area contributed by atoms with Gasteiger partial charge in [-0.15, -0.1) is 0 Å². The summed E-state index contributed by atoms with van der Waals surface area (Å²) in [6.45, 7) is 6.71. The van der Waals surface area contributed by atoms with Gasteiger partial charge in [0.2, 0.25) is 0 Å². The average molecular weight is 405 g/mol. The number of likely N-dealkylation sites (tertiary alicyclic amines) is 1. The van der Waals surface area contributed by atoms with E-state index in [1.54, 1.807) is 6.33 Å². The summed E-state index contributed by atoms with van der Waals surface area (Å²) in [5, 5.41) is 0. The van der Waals surface area contributed by atoms with E-state index in [4.69, 9.17) is 0 Å². The van der Waals surface area contributed by atoms with Crippen molar-refractivity contribution in [1.82, 2.24) is 19.8 Å². The highest BCUT2D eigenvalue weighted by Crippen LogP contribution is 2.40. The van der Waals surface area contributed by atoms with Gasteiger partial charge in [-0.05, 0) is 56.9 Å². The Morgan fingerprint density at radius 1 is 1.03 bits per heavy atom. The molecule has 0 aliphatic carbocycles. The topological polar surface area (TPSA) is 49.3 Å². The number of aryl methyl sites for hydroxylation is 2. The molecule has 0 spiro atoms. The van der Waals surface area contributed by atoms with Gasteiger partial charge >= 0.3 is 0 Å². The molecular formula is C25H32N4O. The number of aromatic nitrogens is 2. The first-order chi connectivity index (χ1) is 14.6. The maximum Gasteiger partial charge on any atom is 0.257 e. The van der Waals surface area contributed by atoms with Crippen LogP contribution >= 0.6 is 0 Å². The normalized spacial score (nSPS) is 28.8. The lowest BCUT2D eigenvalue weighted by molar-refractivity contribution is -0.0499. The largest absolute Gasteiger partial charge is 0.338 e. The molecule has 2 bridgehead atoms. The molecule has 1 amide bonds. The SMILES string of the molecule is Cc1ncnc(C)c1C(=O)N1C[C@@H]2C[C@H](C1)[C@@H]1CCC[C@H](Cc3ccccc3)N1C2. The number of benzene rings is 1. The summed E-state index contributed by atoms with van der Waals surface area (Å²) in [4.78, 5) is 26.8. The maximum atomic E-state index is 13.4. The van der Waals surface area contributed by atoms with Crippen molar-refractivity contribution in [2.75, 3.05) is 19.6 Å². The maximum absolute atomic E-state index is 13.4. The highest BCUT2D eigenvalue weighted by Gasteiger charge is 2.45. The zero-order valence-electron chi connectivity index (χ0n) is 18.1. The number of nitrogens with zero attached hydrogens (tertiary/aromatic N) is 4. The van der Waals surface area contributed by atoms with Crippen LogP contribution in [0.3, 0.4) is 0 Å². The van der Waals surface area contributed by atoms with Crippen molar-refractivity contribution in [3.8, 4) is 0 Å². The second-order valence-electron chi connectivity index (χ2n) is 9.53. The van der Waals surface area contributed by atoms with Gasteiger partial charge in [0.05, 0.1) is 17.0 Å². The zero-order chi connectivity index (χ0) is 20.7. The van der Waals surface area contributed by atoms with Crippen LogP contribution in [-0.2, 0) is 6.42 Å². The van der Waals surface area contributed by atoms with Crippen LogP contribution in [0.4, 0.5) is 0 Å². The predicted octanol–water partition coefficient (Wildman–Crippen LogP) is 3.65. The molecule has 2 aromatic rings. The molecule has 0 N–H and O–H groups in total. The standard InChI is InChI=1S/C25H32N4O/c1-17-24(18(2)27-16-26-17)25(30)28-13-20-11-21(15-28)23-10-6-9-22(29(23)14-20)12-19-7-4-3-5-8-19/h3-5,7-8,16,20-23H,6,9-15H2,1-2H3/t20-,21+,22+,23-/m0/s1. The van der Waals surface area contributed by atoms with Gasteiger partial charge in [-0.1, -0.05) is 36.8 Å². The fourth-order valence-corrected chi connectivity index (χ4v) is 6.24. The third-order valence-corrected chi connectivity index (χ3v) is 7.56. The summed E-state index contributed by atoms with van der Waals surface area (Å²) in [5.74, 6) is 1.29. The van der Waals surface area contributed by atoms with Gasteiger partial charge in [0, 0.05) is 31.7 Å². The molecule has 1 aromatic heterocycles. The Kier molecular flexibility index (Phi) is 5.32. The monoisotopic (exact) mass is 404 g/mol. The van der Waals surface area contributed by atoms with Crippen LogP contribution in [0, 0.1) is 25.7 Å². The van der Waals surface area contributed by atoms with Crippen molar-refractivity contribution in [2.24, 2.45) is 11.8 Å². The van der Waals surface area contributed by atoms with Crippen molar-refractivity contribution < 1.29 is 4.79 Å². The molecule has 0 unspecified atom stereocenters. The summed E-state index contributed by atoms with van der Waals surface area (Å²) in [5.41, 5.74) is 3.75. The van der Waals surface area contributed by atoms with E-state index in [-0.39, 0.29) is 5.91 Å². The zero-order valence-corrected chi connectivity index (χ0v) is 18.1. The van der Waals surface area contributed by atoms with Gasteiger partial charge in [-0.25, -0.2) is 9.97 Å². The van der Waals surface area contributed by atoms with E-state index in [2.05, 4.69) is 50.1 Å². The van der Waals surface area contributed by atoms with Gasteiger partial charge in [0.15, 0.2) is 0 Å². The number of carbonyl (C=O) groups excluding carboxylic acids is 1. The van der Waals surface area contributed by atoms with Crippen LogP contribution in [-0.4, -0.2) is 57.4 Å². The second-order valence-corrected chi connectivity index (χ2v) is 9.53. The minimum atomic E-state index is 0.130. The van der Waals surface area contributed by atoms with Gasteiger partial charge < -0.3 is 4.90 Å². The van der Waals surface area contributed by atoms with Gasteiger partial charge in [-0.2, -0.15) is 0 Å². The lowest BCUT2D eigenvalue weighted by Gasteiger charge is -2.55. The van der Waals surface area contributed by atoms with E-state index >= 15 is 0 Å². The molecule has 0 radical (unpaired) electrons. The summed E-state index contributed by atoms with van der Waals surface area (Å²) in [7, 11) is 0. The highest BCUT2D eigenvalue weighted by molar-refractivity contribution is 5.96. The number of piperidine rings is 3. The van der Waals surface area contributed by atoms with E-state index in [1.807, 2.05) is 13.8 Å². The van der Waals surface area contributed by atoms with Crippen molar-refractivity contribution in [1.29, 1.82) is 0 Å². The number of fused-ring (bicyclic) bond motifs is 4. The molecule has 5 heteroatoms. The molecule has 3 fully saturated rings. The molecule has 1 aromatic carbocycles. The summed E-state index contributed by atoms with van der Waals surface area (Å²) >= 11 is 0. The Morgan fingerprint density at radius 2 is 1.80 bits per heavy atom. The minimum absolute atomic E-state index is 0.130. The molecule has 0 saturated carbocycles. The Bertz CT molecular complexity index is 894. The van der Waals surface area contributed by atoms with Crippen LogP contribution in [0.2, 0.25) is 0 Å². The van der Waals surface area contributed by atoms with Gasteiger partial charge in [0.1, 0.15) is 6.33 Å². The van der Waals surface area contributed by atoms with Crippen LogP contribution in [0.5, 0.6) is 0 Å². The van der Waals surface area contributed by atoms with E-state index in [9.17, 15) is 4.79 Å². The Morgan fingerprint density at radius 3 is 2.57 bits per heavy atom. The first kappa shape index (κ1) is 19.7. The van der Waals surface area contributed by atoms with Crippen molar-refractivity contribution in [2.45, 2.75) is 58.0 Å². The molecule has 5 nitrogen and oxygen atoms in total. The molecular weight excluding hydrogens is 372 g/mol. The summed E-state index contributed by atoms with van der Waals surface area (Å²) in [6.07, 6.45) is 7.85. The summed E-state index contributed by atoms with van der Waals surface area (Å²) < 4.78 is 0. The van der Waals surface area contributed by atoms with Crippen LogP contribution in [0.1, 0.15) is 53.0 Å². The quantitative estimate of drug-likeness (QED) is 0.784. The number of hydrogen-bond acceptors (Lipinski definition) is 4. The van der Waals surface area contributed by atoms with Crippen molar-refractivity contribution in [3.05, 3.63) is 59.2 Å². The lowest BCUT2D eigenvalue weighted by atomic mass is 9.74. The van der Waals surface area contributed by atoms with E-state index in [1.165, 1.54) is 31.2 Å². The van der Waals surface area contributed by atoms with Crippen LogP contribution in [0.25, 0.3) is 0 Å². The molecule has 4 atom stereocenters. The number of hydrogen-bond donors (Lipinski definition) is 0. The minimum Gasteiger partial charge on any atom is -0.338 e. The number of amides is 1. The van der Waals surface area contributed by atoms with Gasteiger partial charge in [-0.3, -0.25) is 9.69 Å². The second kappa shape index (κ2) is 8.10. The number of rotatable bonds is 3. The van der Waals surface area contributed by atoms with Crippen LogP contribution < -0.4 is 0 Å².